The van der Waals surface area contributed by atoms with E-state index in [-0.39, 0.29) is 11.7 Å². The number of anilines is 1. The van der Waals surface area contributed by atoms with E-state index in [1.165, 1.54) is 0 Å². The van der Waals surface area contributed by atoms with Crippen LogP contribution >= 0.6 is 7.60 Å². The quantitative estimate of drug-likeness (QED) is 0.423. The van der Waals surface area contributed by atoms with Gasteiger partial charge in [-0.2, -0.15) is 0 Å². The monoisotopic (exact) mass is 414 g/mol. The molecule has 0 aliphatic rings. The summed E-state index contributed by atoms with van der Waals surface area (Å²) in [5, 5.41) is 2.90. The van der Waals surface area contributed by atoms with Crippen LogP contribution in [0.5, 0.6) is 0 Å². The molecule has 1 aromatic rings. The lowest BCUT2D eigenvalue weighted by molar-refractivity contribution is 0.0500. The second kappa shape index (κ2) is 10.8. The van der Waals surface area contributed by atoms with E-state index in [2.05, 4.69) is 5.32 Å². The molecular formula is C20H35N2O5P. The van der Waals surface area contributed by atoms with Crippen molar-refractivity contribution in [3.05, 3.63) is 29.8 Å². The van der Waals surface area contributed by atoms with Gasteiger partial charge < -0.3 is 24.8 Å². The second-order valence-electron chi connectivity index (χ2n) is 7.75. The van der Waals surface area contributed by atoms with E-state index in [0.29, 0.717) is 31.7 Å². The van der Waals surface area contributed by atoms with Crippen molar-refractivity contribution in [3.8, 4) is 0 Å². The van der Waals surface area contributed by atoms with E-state index >= 15 is 0 Å². The molecule has 160 valence electrons. The minimum atomic E-state index is -3.27. The topological polar surface area (TPSA) is 99.9 Å². The van der Waals surface area contributed by atoms with E-state index in [0.717, 1.165) is 5.56 Å². The summed E-state index contributed by atoms with van der Waals surface area (Å²) in [6.07, 6.45) is 0.450. The first kappa shape index (κ1) is 24.5. The summed E-state index contributed by atoms with van der Waals surface area (Å²) in [6, 6.07) is 7.15. The van der Waals surface area contributed by atoms with Crippen molar-refractivity contribution in [2.75, 3.05) is 18.9 Å². The lowest BCUT2D eigenvalue weighted by Crippen LogP contribution is -2.41. The molecule has 0 saturated carbocycles. The lowest BCUT2D eigenvalue weighted by Gasteiger charge is -2.28. The van der Waals surface area contributed by atoms with E-state index in [1.807, 2.05) is 52.0 Å². The number of hydrogen-bond acceptors (Lipinski definition) is 6. The standard InChI is InChI=1S/C20H35N2O5P/c1-7-25-28(24,26-8-2)15(3)13-18(22-19(23)27-20(4,5)6)14-16-9-11-17(21)12-10-16/h9-12,15,18H,7-8,13-14,21H2,1-6H3,(H,22,23)/t15?,18-/m1/s1. The molecule has 1 amide bonds. The van der Waals surface area contributed by atoms with Crippen LogP contribution in [0.1, 0.15) is 53.5 Å². The average Bonchev–Trinajstić information content (AvgIpc) is 2.55. The van der Waals surface area contributed by atoms with Crippen LogP contribution in [0, 0.1) is 0 Å². The number of amides is 1. The number of benzene rings is 1. The molecule has 1 unspecified atom stereocenters. The molecule has 0 saturated heterocycles. The molecule has 2 atom stereocenters. The average molecular weight is 414 g/mol. The van der Waals surface area contributed by atoms with Gasteiger partial charge in [-0.05, 0) is 65.2 Å². The van der Waals surface area contributed by atoms with Gasteiger partial charge in [-0.3, -0.25) is 4.57 Å². The summed E-state index contributed by atoms with van der Waals surface area (Å²) in [7, 11) is -3.27. The van der Waals surface area contributed by atoms with Gasteiger partial charge in [0.15, 0.2) is 0 Å². The number of carbonyl (C=O) groups is 1. The normalized spacial score (nSPS) is 14.4. The Morgan fingerprint density at radius 2 is 1.68 bits per heavy atom. The van der Waals surface area contributed by atoms with Gasteiger partial charge in [-0.15, -0.1) is 0 Å². The van der Waals surface area contributed by atoms with E-state index < -0.39 is 19.3 Å². The zero-order valence-electron chi connectivity index (χ0n) is 17.9. The smallest absolute Gasteiger partial charge is 0.407 e. The minimum absolute atomic E-state index is 0.295. The lowest BCUT2D eigenvalue weighted by atomic mass is 10.0. The Kier molecular flexibility index (Phi) is 9.48. The summed E-state index contributed by atoms with van der Waals surface area (Å²) >= 11 is 0. The van der Waals surface area contributed by atoms with E-state index in [9.17, 15) is 9.36 Å². The molecule has 1 rings (SSSR count). The van der Waals surface area contributed by atoms with Crippen molar-refractivity contribution in [1.82, 2.24) is 5.32 Å². The van der Waals surface area contributed by atoms with E-state index in [1.54, 1.807) is 13.8 Å². The Hall–Kier alpha value is -1.56. The molecule has 0 fully saturated rings. The highest BCUT2D eigenvalue weighted by atomic mass is 31.2. The number of ether oxygens (including phenoxy) is 1. The molecule has 0 bridgehead atoms. The number of alkyl carbamates (subject to hydrolysis) is 1. The molecule has 0 heterocycles. The summed E-state index contributed by atoms with van der Waals surface area (Å²) in [5.74, 6) is 0. The van der Waals surface area contributed by atoms with Gasteiger partial charge in [0, 0.05) is 11.7 Å². The number of nitrogens with one attached hydrogen (secondary N) is 1. The molecule has 0 aliphatic heterocycles. The molecule has 0 aliphatic carbocycles. The number of nitrogen functional groups attached to an aromatic ring is 1. The Balaban J connectivity index is 2.96. The summed E-state index contributed by atoms with van der Waals surface area (Å²) in [5.41, 5.74) is 6.44. The molecular weight excluding hydrogens is 379 g/mol. The number of carbonyl (C=O) groups excluding carboxylic acids is 1. The fraction of sp³-hybridized carbons (Fsp3) is 0.650. The SMILES string of the molecule is CCOP(=O)(OCC)C(C)C[C@H](Cc1ccc(N)cc1)NC(=O)OC(C)(C)C. The van der Waals surface area contributed by atoms with Gasteiger partial charge >= 0.3 is 13.7 Å². The highest BCUT2D eigenvalue weighted by molar-refractivity contribution is 7.54. The van der Waals surface area contributed by atoms with Crippen molar-refractivity contribution in [2.24, 2.45) is 0 Å². The van der Waals surface area contributed by atoms with Crippen molar-refractivity contribution in [2.45, 2.75) is 71.7 Å². The first-order chi connectivity index (χ1) is 13.0. The van der Waals surface area contributed by atoms with Crippen LogP contribution in [0.25, 0.3) is 0 Å². The van der Waals surface area contributed by atoms with Crippen LogP contribution in [0.15, 0.2) is 24.3 Å². The van der Waals surface area contributed by atoms with Gasteiger partial charge in [-0.25, -0.2) is 4.79 Å². The first-order valence-corrected chi connectivity index (χ1v) is 11.3. The van der Waals surface area contributed by atoms with Crippen molar-refractivity contribution >= 4 is 19.4 Å². The molecule has 0 spiro atoms. The highest BCUT2D eigenvalue weighted by Crippen LogP contribution is 2.54. The molecule has 0 radical (unpaired) electrons. The van der Waals surface area contributed by atoms with Crippen molar-refractivity contribution < 1.29 is 23.1 Å². The van der Waals surface area contributed by atoms with Gasteiger partial charge in [0.2, 0.25) is 0 Å². The highest BCUT2D eigenvalue weighted by Gasteiger charge is 2.34. The predicted octanol–water partition coefficient (Wildman–Crippen LogP) is 4.75. The van der Waals surface area contributed by atoms with Crippen molar-refractivity contribution in [3.63, 3.8) is 0 Å². The predicted molar refractivity (Wildman–Crippen MR) is 113 cm³/mol. The fourth-order valence-corrected chi connectivity index (χ4v) is 4.61. The second-order valence-corrected chi connectivity index (χ2v) is 10.2. The molecule has 7 nitrogen and oxygen atoms in total. The maximum absolute atomic E-state index is 13.1. The van der Waals surface area contributed by atoms with Crippen LogP contribution in [0.3, 0.4) is 0 Å². The largest absolute Gasteiger partial charge is 0.444 e. The third-order valence-electron chi connectivity index (χ3n) is 3.97. The van der Waals surface area contributed by atoms with Crippen LogP contribution in [-0.4, -0.2) is 36.6 Å². The number of nitrogens with two attached hydrogens (primary N) is 1. The van der Waals surface area contributed by atoms with Crippen LogP contribution in [-0.2, 0) is 24.8 Å². The Labute approximate surface area is 168 Å². The Morgan fingerprint density at radius 3 is 2.14 bits per heavy atom. The Bertz CT molecular complexity index is 648. The molecule has 28 heavy (non-hydrogen) atoms. The zero-order valence-corrected chi connectivity index (χ0v) is 18.8. The van der Waals surface area contributed by atoms with Crippen LogP contribution < -0.4 is 11.1 Å². The van der Waals surface area contributed by atoms with Gasteiger partial charge in [0.25, 0.3) is 0 Å². The minimum Gasteiger partial charge on any atom is -0.444 e. The van der Waals surface area contributed by atoms with Gasteiger partial charge in [-0.1, -0.05) is 19.1 Å². The Morgan fingerprint density at radius 1 is 1.14 bits per heavy atom. The summed E-state index contributed by atoms with van der Waals surface area (Å²) in [6.45, 7) is 11.4. The molecule has 1 aromatic carbocycles. The zero-order chi connectivity index (χ0) is 21.4. The molecule has 0 aromatic heterocycles. The van der Waals surface area contributed by atoms with Gasteiger partial charge in [0.1, 0.15) is 5.60 Å². The summed E-state index contributed by atoms with van der Waals surface area (Å²) < 4.78 is 29.4. The third kappa shape index (κ3) is 8.63. The molecule has 3 N–H and O–H groups in total. The summed E-state index contributed by atoms with van der Waals surface area (Å²) in [4.78, 5) is 12.3. The maximum Gasteiger partial charge on any atom is 0.407 e. The third-order valence-corrected chi connectivity index (χ3v) is 6.49. The first-order valence-electron chi connectivity index (χ1n) is 9.71. The molecule has 8 heteroatoms. The van der Waals surface area contributed by atoms with Crippen LogP contribution in [0.4, 0.5) is 10.5 Å². The number of rotatable bonds is 10. The number of hydrogen-bond donors (Lipinski definition) is 2. The van der Waals surface area contributed by atoms with Crippen LogP contribution in [0.2, 0.25) is 0 Å². The maximum atomic E-state index is 13.1. The fourth-order valence-electron chi connectivity index (χ4n) is 2.80. The van der Waals surface area contributed by atoms with Crippen molar-refractivity contribution in [1.29, 1.82) is 0 Å². The van der Waals surface area contributed by atoms with E-state index in [4.69, 9.17) is 19.5 Å². The van der Waals surface area contributed by atoms with Gasteiger partial charge in [0.05, 0.1) is 18.9 Å².